The highest BCUT2D eigenvalue weighted by molar-refractivity contribution is 6.30. The Morgan fingerprint density at radius 1 is 0.512 bits per heavy atom. The SMILES string of the molecule is CC(OC(=O)OC(C(F)(F)F)C(F)(F)F)C(F)(F)F.CC1(C)CC2(CCN(C(=O)OC(C(F)(F)F)C(F)(F)F)CC2)CN1Cc1ccc(Cl)cc1.COc1ccc(CN2CCC3(CC2)CN(Cc2ccc(Cl)cc2)C(C)(C)C3)cc1. The first kappa shape index (κ1) is 66.2. The van der Waals surface area contributed by atoms with Gasteiger partial charge in [-0.25, -0.2) is 9.59 Å². The molecule has 4 saturated heterocycles. The van der Waals surface area contributed by atoms with Crippen LogP contribution in [-0.4, -0.2) is 138 Å². The number of alkyl halides is 15. The number of likely N-dealkylation sites (tertiary alicyclic amines) is 4. The number of carbonyl (C=O) groups is 2. The molecule has 3 aromatic carbocycles. The molecule has 2 spiro atoms. The highest BCUT2D eigenvalue weighted by Crippen LogP contribution is 2.50. The number of carbonyl (C=O) groups excluding carboxylic acids is 2. The second-order valence-electron chi connectivity index (χ2n) is 22.0. The Morgan fingerprint density at radius 2 is 0.863 bits per heavy atom. The first-order valence-electron chi connectivity index (χ1n) is 25.2. The molecule has 4 aliphatic rings. The Labute approximate surface area is 463 Å². The van der Waals surface area contributed by atoms with Gasteiger partial charge < -0.3 is 23.8 Å². The van der Waals surface area contributed by atoms with Crippen LogP contribution >= 0.6 is 23.2 Å². The number of benzene rings is 3. The Morgan fingerprint density at radius 3 is 1.23 bits per heavy atom. The van der Waals surface area contributed by atoms with E-state index in [1.807, 2.05) is 36.4 Å². The minimum atomic E-state index is -6.03. The van der Waals surface area contributed by atoms with Crippen molar-refractivity contribution in [1.82, 2.24) is 19.6 Å². The number of hydrogen-bond donors (Lipinski definition) is 0. The Balaban J connectivity index is 0.000000228. The number of nitrogens with zero attached hydrogens (tertiary/aromatic N) is 4. The van der Waals surface area contributed by atoms with Crippen LogP contribution in [0.3, 0.4) is 0 Å². The normalized spacial score (nSPS) is 20.0. The summed E-state index contributed by atoms with van der Waals surface area (Å²) in [5, 5.41) is 1.46. The molecule has 1 atom stereocenters. The van der Waals surface area contributed by atoms with Gasteiger partial charge in [0.25, 0.3) is 12.2 Å². The zero-order chi connectivity index (χ0) is 60.1. The second-order valence-corrected chi connectivity index (χ2v) is 22.9. The van der Waals surface area contributed by atoms with Crippen molar-refractivity contribution in [3.05, 3.63) is 99.5 Å². The fraction of sp³-hybridized carbons (Fsp3) is 0.623. The van der Waals surface area contributed by atoms with E-state index in [1.54, 1.807) is 7.11 Å². The molecule has 1 unspecified atom stereocenters. The first-order valence-corrected chi connectivity index (χ1v) is 25.9. The smallest absolute Gasteiger partial charge is 0.497 e. The van der Waals surface area contributed by atoms with Gasteiger partial charge >= 0.3 is 43.1 Å². The van der Waals surface area contributed by atoms with Crippen LogP contribution in [0.2, 0.25) is 10.0 Å². The largest absolute Gasteiger partial charge is 0.509 e. The third-order valence-corrected chi connectivity index (χ3v) is 15.4. The van der Waals surface area contributed by atoms with Gasteiger partial charge in [0.2, 0.25) is 0 Å². The van der Waals surface area contributed by atoms with Crippen LogP contribution in [-0.2, 0) is 33.8 Å². The molecule has 4 aliphatic heterocycles. The van der Waals surface area contributed by atoms with Crippen LogP contribution in [0, 0.1) is 10.8 Å². The summed E-state index contributed by atoms with van der Waals surface area (Å²) >= 11 is 12.0. The molecule has 0 aromatic heterocycles. The van der Waals surface area contributed by atoms with Gasteiger partial charge in [-0.05, 0) is 150 Å². The lowest BCUT2D eigenvalue weighted by Gasteiger charge is -2.39. The highest BCUT2D eigenvalue weighted by atomic mass is 35.5. The monoisotopic (exact) mass is 1210 g/mol. The fourth-order valence-corrected chi connectivity index (χ4v) is 11.0. The van der Waals surface area contributed by atoms with Gasteiger partial charge in [-0.3, -0.25) is 14.7 Å². The van der Waals surface area contributed by atoms with Crippen molar-refractivity contribution >= 4 is 35.5 Å². The van der Waals surface area contributed by atoms with Crippen LogP contribution in [0.4, 0.5) is 75.4 Å². The quantitative estimate of drug-likeness (QED) is 0.146. The fourth-order valence-electron chi connectivity index (χ4n) is 10.7. The van der Waals surface area contributed by atoms with Crippen LogP contribution in [0.1, 0.15) is 89.8 Å². The predicted octanol–water partition coefficient (Wildman–Crippen LogP) is 15.2. The number of halogens is 17. The van der Waals surface area contributed by atoms with Crippen molar-refractivity contribution in [1.29, 1.82) is 0 Å². The van der Waals surface area contributed by atoms with E-state index < -0.39 is 61.4 Å². The minimum Gasteiger partial charge on any atom is -0.497 e. The maximum atomic E-state index is 12.7. The molecule has 10 nitrogen and oxygen atoms in total. The molecule has 4 heterocycles. The molecular weight excluding hydrogens is 1140 g/mol. The maximum Gasteiger partial charge on any atom is 0.509 e. The summed E-state index contributed by atoms with van der Waals surface area (Å²) in [6.45, 7) is 16.4. The van der Waals surface area contributed by atoms with E-state index in [-0.39, 0.29) is 36.5 Å². The van der Waals surface area contributed by atoms with E-state index in [0.717, 1.165) is 47.3 Å². The van der Waals surface area contributed by atoms with Crippen molar-refractivity contribution < 1.29 is 94.4 Å². The average Bonchev–Trinajstić information content (AvgIpc) is 3.73. The van der Waals surface area contributed by atoms with E-state index >= 15 is 0 Å². The van der Waals surface area contributed by atoms with E-state index in [9.17, 15) is 75.4 Å². The topological polar surface area (TPSA) is 84.0 Å². The summed E-state index contributed by atoms with van der Waals surface area (Å²) < 4.78 is 198. The molecule has 0 bridgehead atoms. The van der Waals surface area contributed by atoms with Gasteiger partial charge in [-0.2, -0.15) is 65.9 Å². The molecular formula is C53H63Cl2F15N4O6. The summed E-state index contributed by atoms with van der Waals surface area (Å²) in [7, 11) is 1.72. The lowest BCUT2D eigenvalue weighted by molar-refractivity contribution is -0.313. The van der Waals surface area contributed by atoms with E-state index in [4.69, 9.17) is 27.9 Å². The zero-order valence-electron chi connectivity index (χ0n) is 44.4. The minimum absolute atomic E-state index is 0.0478. The number of rotatable bonds is 10. The molecule has 80 heavy (non-hydrogen) atoms. The van der Waals surface area contributed by atoms with E-state index in [1.165, 1.54) is 50.0 Å². The van der Waals surface area contributed by atoms with Crippen LogP contribution < -0.4 is 4.74 Å². The summed E-state index contributed by atoms with van der Waals surface area (Å²) in [5.74, 6) is 0.931. The summed E-state index contributed by atoms with van der Waals surface area (Å²) in [6.07, 6.45) is -38.9. The van der Waals surface area contributed by atoms with Crippen molar-refractivity contribution in [2.45, 2.75) is 153 Å². The molecule has 27 heteroatoms. The molecule has 0 N–H and O–H groups in total. The lowest BCUT2D eigenvalue weighted by Crippen LogP contribution is -2.50. The van der Waals surface area contributed by atoms with Crippen molar-refractivity contribution in [2.24, 2.45) is 10.8 Å². The Bertz CT molecular complexity index is 2450. The number of piperidine rings is 2. The summed E-state index contributed by atoms with van der Waals surface area (Å²) in [5.41, 5.74) is 4.21. The number of ether oxygens (including phenoxy) is 4. The molecule has 0 saturated carbocycles. The lowest BCUT2D eigenvalue weighted by atomic mass is 9.74. The number of amides is 1. The van der Waals surface area contributed by atoms with Gasteiger partial charge in [-0.1, -0.05) is 59.6 Å². The van der Waals surface area contributed by atoms with Crippen LogP contribution in [0.5, 0.6) is 5.75 Å². The van der Waals surface area contributed by atoms with Crippen LogP contribution in [0.25, 0.3) is 0 Å². The molecule has 4 fully saturated rings. The van der Waals surface area contributed by atoms with E-state index in [2.05, 4.69) is 93.0 Å². The molecule has 1 amide bonds. The Kier molecular flexibility index (Phi) is 21.1. The standard InChI is InChI=1S/C25H33ClN2O.C21H25ClF6N2O2.C7H5F9O3/c1-24(2)18-25(19-28(24)17-21-4-8-22(26)9-5-21)12-14-27(15-13-25)16-20-6-10-23(29-3)11-7-20;1-18(2)12-19(13-30(18)11-14-3-5-15(22)6-4-14)7-9-29(10-8-19)17(31)32-16(20(23,24)25)21(26,27)28;1-2(5(8,9)10)18-4(17)19-3(6(11,12)13)7(14,15)16/h4-11H,12-19H2,1-3H3;3-6,16H,7-13H2,1-2H3;2-3H,1H3. The van der Waals surface area contributed by atoms with Crippen molar-refractivity contribution in [3.63, 3.8) is 0 Å². The third kappa shape index (κ3) is 18.7. The van der Waals surface area contributed by atoms with Gasteiger partial charge in [0.1, 0.15) is 5.75 Å². The van der Waals surface area contributed by atoms with Gasteiger partial charge in [-0.15, -0.1) is 0 Å². The summed E-state index contributed by atoms with van der Waals surface area (Å²) in [6, 6.07) is 24.4. The van der Waals surface area contributed by atoms with Crippen LogP contribution in [0.15, 0.2) is 72.8 Å². The van der Waals surface area contributed by atoms with Gasteiger partial charge in [0.05, 0.1) is 7.11 Å². The second kappa shape index (κ2) is 25.5. The van der Waals surface area contributed by atoms with Crippen molar-refractivity contribution in [3.8, 4) is 5.75 Å². The predicted molar refractivity (Wildman–Crippen MR) is 266 cm³/mol. The maximum absolute atomic E-state index is 12.7. The molecule has 7 rings (SSSR count). The van der Waals surface area contributed by atoms with Crippen molar-refractivity contribution in [2.75, 3.05) is 46.4 Å². The first-order chi connectivity index (χ1) is 36.6. The Hall–Kier alpha value is -4.59. The number of methoxy groups -OCH3 is 1. The zero-order valence-corrected chi connectivity index (χ0v) is 45.9. The molecule has 450 valence electrons. The van der Waals surface area contributed by atoms with Gasteiger partial charge in [0.15, 0.2) is 6.10 Å². The van der Waals surface area contributed by atoms with Gasteiger partial charge in [0, 0.05) is 66.9 Å². The number of hydrogen-bond acceptors (Lipinski definition) is 9. The third-order valence-electron chi connectivity index (χ3n) is 14.9. The highest BCUT2D eigenvalue weighted by Gasteiger charge is 2.62. The average molecular weight is 1210 g/mol. The molecule has 0 aliphatic carbocycles. The van der Waals surface area contributed by atoms with E-state index in [0.29, 0.717) is 29.8 Å². The molecule has 0 radical (unpaired) electrons. The molecule has 3 aromatic rings. The summed E-state index contributed by atoms with van der Waals surface area (Å²) in [4.78, 5) is 31.1.